The van der Waals surface area contributed by atoms with Gasteiger partial charge in [0, 0.05) is 12.1 Å². The predicted octanol–water partition coefficient (Wildman–Crippen LogP) is 3.20. The summed E-state index contributed by atoms with van der Waals surface area (Å²) in [6, 6.07) is 1.57. The lowest BCUT2D eigenvalue weighted by atomic mass is 9.79. The minimum atomic E-state index is 0.771. The molecule has 0 aromatic rings. The van der Waals surface area contributed by atoms with E-state index < -0.39 is 0 Å². The van der Waals surface area contributed by atoms with Crippen LogP contribution < -0.4 is 5.32 Å². The summed E-state index contributed by atoms with van der Waals surface area (Å²) in [6.07, 6.45) is 7.20. The van der Waals surface area contributed by atoms with Crippen LogP contribution in [0.4, 0.5) is 0 Å². The van der Waals surface area contributed by atoms with Gasteiger partial charge >= 0.3 is 0 Å². The molecular weight excluding hydrogens is 170 g/mol. The highest BCUT2D eigenvalue weighted by Gasteiger charge is 2.32. The van der Waals surface area contributed by atoms with E-state index >= 15 is 0 Å². The molecule has 2 saturated carbocycles. The van der Waals surface area contributed by atoms with E-state index in [2.05, 4.69) is 26.1 Å². The second-order valence-corrected chi connectivity index (χ2v) is 5.79. The summed E-state index contributed by atoms with van der Waals surface area (Å²) in [6.45, 7) is 7.20. The topological polar surface area (TPSA) is 12.0 Å². The van der Waals surface area contributed by atoms with Gasteiger partial charge in [0.1, 0.15) is 0 Å². The van der Waals surface area contributed by atoms with Gasteiger partial charge in [0.25, 0.3) is 0 Å². The van der Waals surface area contributed by atoms with Crippen molar-refractivity contribution >= 4 is 0 Å². The van der Waals surface area contributed by atoms with Gasteiger partial charge in [0.2, 0.25) is 0 Å². The Labute approximate surface area is 88.7 Å². The molecule has 0 saturated heterocycles. The minimum Gasteiger partial charge on any atom is -0.311 e. The molecule has 4 unspecified atom stereocenters. The van der Waals surface area contributed by atoms with E-state index in [0.717, 1.165) is 29.8 Å². The van der Waals surface area contributed by atoms with Crippen LogP contribution in [0.2, 0.25) is 0 Å². The first-order valence-corrected chi connectivity index (χ1v) is 6.43. The lowest BCUT2D eigenvalue weighted by molar-refractivity contribution is 0.211. The van der Waals surface area contributed by atoms with Gasteiger partial charge in [0.05, 0.1) is 0 Å². The standard InChI is InChI=1S/C13H25N/c1-9-4-5-10(2)13(8-9)14-11(3)12-6-7-12/h9-14H,4-8H2,1-3H3. The van der Waals surface area contributed by atoms with Crippen LogP contribution in [-0.2, 0) is 0 Å². The van der Waals surface area contributed by atoms with Crippen LogP contribution in [0.15, 0.2) is 0 Å². The lowest BCUT2D eigenvalue weighted by Gasteiger charge is -2.35. The van der Waals surface area contributed by atoms with E-state index in [0.29, 0.717) is 0 Å². The largest absolute Gasteiger partial charge is 0.311 e. The van der Waals surface area contributed by atoms with Crippen molar-refractivity contribution in [2.24, 2.45) is 17.8 Å². The fraction of sp³-hybridized carbons (Fsp3) is 1.00. The quantitative estimate of drug-likeness (QED) is 0.729. The predicted molar refractivity (Wildman–Crippen MR) is 61.3 cm³/mol. The van der Waals surface area contributed by atoms with E-state index in [-0.39, 0.29) is 0 Å². The van der Waals surface area contributed by atoms with Gasteiger partial charge in [-0.3, -0.25) is 0 Å². The maximum absolute atomic E-state index is 3.86. The van der Waals surface area contributed by atoms with Crippen molar-refractivity contribution in [3.8, 4) is 0 Å². The van der Waals surface area contributed by atoms with Crippen LogP contribution in [0.5, 0.6) is 0 Å². The summed E-state index contributed by atoms with van der Waals surface area (Å²) in [5.41, 5.74) is 0. The minimum absolute atomic E-state index is 0.771. The average Bonchev–Trinajstić information content (AvgIpc) is 2.94. The summed E-state index contributed by atoms with van der Waals surface area (Å²) in [7, 11) is 0. The third-order valence-corrected chi connectivity index (χ3v) is 4.26. The second-order valence-electron chi connectivity index (χ2n) is 5.79. The second kappa shape index (κ2) is 4.22. The maximum Gasteiger partial charge on any atom is 0.00978 e. The van der Waals surface area contributed by atoms with Gasteiger partial charge in [-0.25, -0.2) is 0 Å². The number of rotatable bonds is 3. The number of nitrogens with one attached hydrogen (secondary N) is 1. The van der Waals surface area contributed by atoms with Crippen LogP contribution in [-0.4, -0.2) is 12.1 Å². The fourth-order valence-corrected chi connectivity index (χ4v) is 2.83. The van der Waals surface area contributed by atoms with Gasteiger partial charge in [-0.1, -0.05) is 20.3 Å². The molecule has 1 nitrogen and oxygen atoms in total. The zero-order chi connectivity index (χ0) is 10.1. The van der Waals surface area contributed by atoms with Crippen LogP contribution in [0.1, 0.15) is 52.9 Å². The Morgan fingerprint density at radius 3 is 2.43 bits per heavy atom. The monoisotopic (exact) mass is 195 g/mol. The van der Waals surface area contributed by atoms with Crippen molar-refractivity contribution < 1.29 is 0 Å². The van der Waals surface area contributed by atoms with Crippen molar-refractivity contribution in [1.29, 1.82) is 0 Å². The molecule has 1 N–H and O–H groups in total. The molecular formula is C13H25N. The molecule has 2 rings (SSSR count). The third kappa shape index (κ3) is 2.50. The Balaban J connectivity index is 1.81. The highest BCUT2D eigenvalue weighted by Crippen LogP contribution is 2.34. The van der Waals surface area contributed by atoms with E-state index in [1.807, 2.05) is 0 Å². The van der Waals surface area contributed by atoms with Crippen molar-refractivity contribution in [1.82, 2.24) is 5.32 Å². The van der Waals surface area contributed by atoms with E-state index in [1.54, 1.807) is 0 Å². The molecule has 0 aromatic heterocycles. The maximum atomic E-state index is 3.86. The van der Waals surface area contributed by atoms with Gasteiger partial charge in [-0.15, -0.1) is 0 Å². The molecule has 1 heteroatoms. The molecule has 14 heavy (non-hydrogen) atoms. The Morgan fingerprint density at radius 1 is 1.07 bits per heavy atom. The van der Waals surface area contributed by atoms with Crippen LogP contribution >= 0.6 is 0 Å². The first-order chi connectivity index (χ1) is 6.66. The SMILES string of the molecule is CC1CCC(C)C(NC(C)C2CC2)C1. The highest BCUT2D eigenvalue weighted by atomic mass is 15.0. The Kier molecular flexibility index (Phi) is 3.16. The first-order valence-electron chi connectivity index (χ1n) is 6.43. The Morgan fingerprint density at radius 2 is 1.79 bits per heavy atom. The molecule has 0 heterocycles. The average molecular weight is 195 g/mol. The summed E-state index contributed by atoms with van der Waals surface area (Å²) in [5.74, 6) is 2.84. The molecule has 0 spiro atoms. The van der Waals surface area contributed by atoms with Crippen LogP contribution in [0.3, 0.4) is 0 Å². The normalized spacial score (nSPS) is 40.9. The zero-order valence-corrected chi connectivity index (χ0v) is 9.92. The van der Waals surface area contributed by atoms with Crippen molar-refractivity contribution in [2.75, 3.05) is 0 Å². The van der Waals surface area contributed by atoms with E-state index in [9.17, 15) is 0 Å². The Bertz CT molecular complexity index is 186. The number of hydrogen-bond acceptors (Lipinski definition) is 1. The van der Waals surface area contributed by atoms with Crippen LogP contribution in [0, 0.1) is 17.8 Å². The van der Waals surface area contributed by atoms with Gasteiger partial charge in [0.15, 0.2) is 0 Å². The highest BCUT2D eigenvalue weighted by molar-refractivity contribution is 4.89. The summed E-state index contributed by atoms with van der Waals surface area (Å²) in [5, 5.41) is 3.86. The molecule has 2 aliphatic carbocycles. The molecule has 4 atom stereocenters. The van der Waals surface area contributed by atoms with Crippen molar-refractivity contribution in [3.05, 3.63) is 0 Å². The van der Waals surface area contributed by atoms with E-state index in [4.69, 9.17) is 0 Å². The molecule has 2 aliphatic rings. The van der Waals surface area contributed by atoms with Gasteiger partial charge in [-0.05, 0) is 50.4 Å². The Hall–Kier alpha value is -0.0400. The fourth-order valence-electron chi connectivity index (χ4n) is 2.83. The smallest absolute Gasteiger partial charge is 0.00978 e. The van der Waals surface area contributed by atoms with E-state index in [1.165, 1.54) is 32.1 Å². The molecule has 82 valence electrons. The van der Waals surface area contributed by atoms with Gasteiger partial charge < -0.3 is 5.32 Å². The summed E-state index contributed by atoms with van der Waals surface area (Å²) < 4.78 is 0. The third-order valence-electron chi connectivity index (χ3n) is 4.26. The molecule has 0 aromatic carbocycles. The molecule has 0 bridgehead atoms. The molecule has 0 aliphatic heterocycles. The van der Waals surface area contributed by atoms with Crippen molar-refractivity contribution in [2.45, 2.75) is 65.0 Å². The van der Waals surface area contributed by atoms with Crippen LogP contribution in [0.25, 0.3) is 0 Å². The first kappa shape index (κ1) is 10.5. The molecule has 0 amide bonds. The summed E-state index contributed by atoms with van der Waals surface area (Å²) in [4.78, 5) is 0. The molecule has 0 radical (unpaired) electrons. The zero-order valence-electron chi connectivity index (χ0n) is 9.92. The van der Waals surface area contributed by atoms with Gasteiger partial charge in [-0.2, -0.15) is 0 Å². The summed E-state index contributed by atoms with van der Waals surface area (Å²) >= 11 is 0. The number of hydrogen-bond donors (Lipinski definition) is 1. The lowest BCUT2D eigenvalue weighted by Crippen LogP contribution is -2.44. The van der Waals surface area contributed by atoms with Crippen molar-refractivity contribution in [3.63, 3.8) is 0 Å². The molecule has 2 fully saturated rings.